The first kappa shape index (κ1) is 20.2. The van der Waals surface area contributed by atoms with Crippen LogP contribution in [-0.2, 0) is 0 Å². The van der Waals surface area contributed by atoms with Crippen LogP contribution in [0.2, 0.25) is 6.55 Å². The van der Waals surface area contributed by atoms with Gasteiger partial charge >= 0.3 is 0 Å². The second kappa shape index (κ2) is 8.72. The van der Waals surface area contributed by atoms with Crippen molar-refractivity contribution in [2.75, 3.05) is 44.2 Å². The average molecular weight is 408 g/mol. The Balaban J connectivity index is 1.28. The Hall–Kier alpha value is -2.11. The number of carbonyl (C=O) groups is 1. The van der Waals surface area contributed by atoms with Gasteiger partial charge in [-0.3, -0.25) is 9.69 Å². The third-order valence-electron chi connectivity index (χ3n) is 6.80. The van der Waals surface area contributed by atoms with E-state index in [-0.39, 0.29) is 5.91 Å². The van der Waals surface area contributed by atoms with Gasteiger partial charge in [0.25, 0.3) is 5.91 Å². The number of fused-ring (bicyclic) bond motifs is 1. The predicted octanol–water partition coefficient (Wildman–Crippen LogP) is 2.65. The van der Waals surface area contributed by atoms with Crippen LogP contribution < -0.4 is 10.1 Å². The topological polar surface area (TPSA) is 26.8 Å². The van der Waals surface area contributed by atoms with Gasteiger partial charge in [-0.25, -0.2) is 0 Å². The number of aryl methyl sites for hydroxylation is 1. The lowest BCUT2D eigenvalue weighted by atomic mass is 10.1. The molecule has 1 saturated heterocycles. The summed E-state index contributed by atoms with van der Waals surface area (Å²) in [6.07, 6.45) is 1.06. The van der Waals surface area contributed by atoms with E-state index in [4.69, 9.17) is 0 Å². The van der Waals surface area contributed by atoms with Crippen molar-refractivity contribution in [3.05, 3.63) is 59.7 Å². The largest absolute Gasteiger partial charge is 0.369 e. The second-order valence-electron chi connectivity index (χ2n) is 8.63. The number of piperazine rings is 1. The van der Waals surface area contributed by atoms with Crippen molar-refractivity contribution < 1.29 is 4.79 Å². The number of rotatable bonds is 5. The smallest absolute Gasteiger partial charge is 0.253 e. The average Bonchev–Trinajstić information content (AvgIpc) is 2.75. The summed E-state index contributed by atoms with van der Waals surface area (Å²) in [7, 11) is -1.12. The standard InChI is InChI=1S/C24H33N3OSi/c1-19-9-11-21(12-10-19)26-17-15-25(16-18-26)13-6-14-27-20(2)29(3)23-8-5-4-7-22(23)24(27)28/h4-5,7-12,20,29H,6,13-18H2,1-3H3. The first-order chi connectivity index (χ1) is 14.0. The molecule has 0 saturated carbocycles. The number of amides is 1. The fourth-order valence-corrected chi connectivity index (χ4v) is 7.18. The van der Waals surface area contributed by atoms with Crippen molar-refractivity contribution in [1.29, 1.82) is 0 Å². The molecule has 4 rings (SSSR count). The molecule has 2 atom stereocenters. The van der Waals surface area contributed by atoms with Gasteiger partial charge in [0.2, 0.25) is 0 Å². The van der Waals surface area contributed by atoms with Crippen LogP contribution in [0, 0.1) is 6.92 Å². The summed E-state index contributed by atoms with van der Waals surface area (Å²) in [5.74, 6) is 0.239. The summed E-state index contributed by atoms with van der Waals surface area (Å²) < 4.78 is 0. The molecule has 4 nitrogen and oxygen atoms in total. The molecule has 2 aliphatic rings. The Labute approximate surface area is 176 Å². The van der Waals surface area contributed by atoms with Crippen LogP contribution >= 0.6 is 0 Å². The summed E-state index contributed by atoms with van der Waals surface area (Å²) in [5, 5.41) is 1.34. The Bertz CT molecular complexity index is 845. The SMILES string of the molecule is Cc1ccc(N2CCN(CCCN3C(=O)c4ccccc4[SiH](C)C3C)CC2)cc1. The van der Waals surface area contributed by atoms with E-state index in [2.05, 4.69) is 71.5 Å². The van der Waals surface area contributed by atoms with Gasteiger partial charge in [-0.1, -0.05) is 42.4 Å². The highest BCUT2D eigenvalue weighted by Gasteiger charge is 2.35. The van der Waals surface area contributed by atoms with Gasteiger partial charge in [-0.05, 0) is 50.2 Å². The third kappa shape index (κ3) is 4.26. The third-order valence-corrected chi connectivity index (χ3v) is 10.1. The molecule has 0 radical (unpaired) electrons. The van der Waals surface area contributed by atoms with Crippen LogP contribution in [-0.4, -0.2) is 69.4 Å². The number of benzene rings is 2. The Morgan fingerprint density at radius 1 is 0.966 bits per heavy atom. The van der Waals surface area contributed by atoms with Crippen LogP contribution in [0.4, 0.5) is 5.69 Å². The van der Waals surface area contributed by atoms with E-state index in [0.29, 0.717) is 5.67 Å². The van der Waals surface area contributed by atoms with Crippen molar-refractivity contribution in [2.45, 2.75) is 32.5 Å². The van der Waals surface area contributed by atoms with E-state index < -0.39 is 8.80 Å². The summed E-state index contributed by atoms with van der Waals surface area (Å²) in [6, 6.07) is 17.1. The van der Waals surface area contributed by atoms with Gasteiger partial charge in [-0.15, -0.1) is 0 Å². The summed E-state index contributed by atoms with van der Waals surface area (Å²) >= 11 is 0. The van der Waals surface area contributed by atoms with Crippen molar-refractivity contribution in [1.82, 2.24) is 9.80 Å². The fourth-order valence-electron chi connectivity index (χ4n) is 4.71. The molecule has 0 aromatic heterocycles. The minimum atomic E-state index is -1.12. The van der Waals surface area contributed by atoms with Gasteiger partial charge < -0.3 is 9.80 Å². The van der Waals surface area contributed by atoms with Crippen LogP contribution in [0.25, 0.3) is 0 Å². The van der Waals surface area contributed by atoms with Crippen LogP contribution in [0.3, 0.4) is 0 Å². The van der Waals surface area contributed by atoms with E-state index in [1.807, 2.05) is 12.1 Å². The van der Waals surface area contributed by atoms with Crippen molar-refractivity contribution >= 4 is 25.6 Å². The van der Waals surface area contributed by atoms with Gasteiger partial charge in [0.1, 0.15) is 0 Å². The highest BCUT2D eigenvalue weighted by molar-refractivity contribution is 6.75. The lowest BCUT2D eigenvalue weighted by molar-refractivity contribution is 0.0725. The Morgan fingerprint density at radius 3 is 2.38 bits per heavy atom. The van der Waals surface area contributed by atoms with Gasteiger partial charge in [0.15, 0.2) is 0 Å². The molecule has 1 fully saturated rings. The lowest BCUT2D eigenvalue weighted by Crippen LogP contribution is -2.58. The van der Waals surface area contributed by atoms with Crippen molar-refractivity contribution in [3.63, 3.8) is 0 Å². The molecule has 2 aliphatic heterocycles. The van der Waals surface area contributed by atoms with Crippen LogP contribution in [0.1, 0.15) is 29.3 Å². The van der Waals surface area contributed by atoms with E-state index >= 15 is 0 Å². The van der Waals surface area contributed by atoms with E-state index in [1.54, 1.807) is 0 Å². The molecule has 0 aliphatic carbocycles. The predicted molar refractivity (Wildman–Crippen MR) is 124 cm³/mol. The molecule has 2 heterocycles. The number of hydrogen-bond donors (Lipinski definition) is 0. The summed E-state index contributed by atoms with van der Waals surface area (Å²) in [5.41, 5.74) is 4.00. The quantitative estimate of drug-likeness (QED) is 0.713. The molecule has 0 N–H and O–H groups in total. The number of hydrogen-bond acceptors (Lipinski definition) is 3. The van der Waals surface area contributed by atoms with E-state index in [1.165, 1.54) is 16.4 Å². The highest BCUT2D eigenvalue weighted by atomic mass is 28.3. The molecular formula is C24H33N3OSi. The minimum Gasteiger partial charge on any atom is -0.369 e. The molecule has 2 unspecified atom stereocenters. The number of anilines is 1. The molecule has 1 amide bonds. The Morgan fingerprint density at radius 2 is 1.66 bits per heavy atom. The van der Waals surface area contributed by atoms with E-state index in [0.717, 1.165) is 51.3 Å². The normalized spacial score (nSPS) is 22.7. The van der Waals surface area contributed by atoms with Crippen LogP contribution in [0.15, 0.2) is 48.5 Å². The molecule has 0 spiro atoms. The van der Waals surface area contributed by atoms with Gasteiger partial charge in [0.05, 0.1) is 8.80 Å². The monoisotopic (exact) mass is 407 g/mol. The Kier molecular flexibility index (Phi) is 6.06. The highest BCUT2D eigenvalue weighted by Crippen LogP contribution is 2.19. The van der Waals surface area contributed by atoms with Crippen LogP contribution in [0.5, 0.6) is 0 Å². The summed E-state index contributed by atoms with van der Waals surface area (Å²) in [4.78, 5) is 20.2. The first-order valence-electron chi connectivity index (χ1n) is 11.0. The molecule has 5 heteroatoms. The second-order valence-corrected chi connectivity index (χ2v) is 11.8. The maximum absolute atomic E-state index is 13.0. The number of nitrogens with zero attached hydrogens (tertiary/aromatic N) is 3. The zero-order valence-electron chi connectivity index (χ0n) is 18.0. The maximum atomic E-state index is 13.0. The molecule has 29 heavy (non-hydrogen) atoms. The molecule has 154 valence electrons. The van der Waals surface area contributed by atoms with E-state index in [9.17, 15) is 4.79 Å². The van der Waals surface area contributed by atoms with Gasteiger partial charge in [-0.2, -0.15) is 0 Å². The zero-order valence-corrected chi connectivity index (χ0v) is 19.1. The fraction of sp³-hybridized carbons (Fsp3) is 0.458. The minimum absolute atomic E-state index is 0.239. The summed E-state index contributed by atoms with van der Waals surface area (Å²) in [6.45, 7) is 13.1. The lowest BCUT2D eigenvalue weighted by Gasteiger charge is -2.39. The molecule has 2 aromatic rings. The van der Waals surface area contributed by atoms with Crippen molar-refractivity contribution in [2.24, 2.45) is 0 Å². The first-order valence-corrected chi connectivity index (χ1v) is 13.4. The molecule has 0 bridgehead atoms. The molecule has 2 aromatic carbocycles. The zero-order chi connectivity index (χ0) is 20.4. The van der Waals surface area contributed by atoms with Crippen molar-refractivity contribution in [3.8, 4) is 0 Å². The maximum Gasteiger partial charge on any atom is 0.253 e. The molecular weight excluding hydrogens is 374 g/mol. The van der Waals surface area contributed by atoms with Gasteiger partial charge in [0, 0.05) is 49.6 Å². The number of carbonyl (C=O) groups excluding carboxylic acids is 1.